The maximum atomic E-state index is 6.14. The lowest BCUT2D eigenvalue weighted by Crippen LogP contribution is -2.58. The first-order chi connectivity index (χ1) is 8.97. The number of nitrogens with two attached hydrogens (primary N) is 1. The third kappa shape index (κ3) is 2.93. The van der Waals surface area contributed by atoms with E-state index in [9.17, 15) is 0 Å². The number of nitrogens with zero attached hydrogens (tertiary/aromatic N) is 1. The summed E-state index contributed by atoms with van der Waals surface area (Å²) in [4.78, 5) is 2.36. The van der Waals surface area contributed by atoms with Gasteiger partial charge in [0.2, 0.25) is 0 Å². The predicted octanol–water partition coefficient (Wildman–Crippen LogP) is 2.72. The Bertz CT molecular complexity index is 423. The Balaban J connectivity index is 2.30. The average Bonchev–Trinajstić information content (AvgIpc) is 2.36. The summed E-state index contributed by atoms with van der Waals surface area (Å²) in [7, 11) is 2.16. The highest BCUT2D eigenvalue weighted by Crippen LogP contribution is 2.35. The number of aryl methyl sites for hydroxylation is 1. The minimum absolute atomic E-state index is 0.00484. The summed E-state index contributed by atoms with van der Waals surface area (Å²) in [6.45, 7) is 7.07. The zero-order valence-electron chi connectivity index (χ0n) is 12.5. The molecule has 19 heavy (non-hydrogen) atoms. The third-order valence-electron chi connectivity index (χ3n) is 4.28. The summed E-state index contributed by atoms with van der Waals surface area (Å²) >= 11 is 0. The summed E-state index contributed by atoms with van der Waals surface area (Å²) in [5.74, 6) is 0. The second-order valence-electron chi connectivity index (χ2n) is 5.99. The fourth-order valence-corrected chi connectivity index (χ4v) is 3.33. The summed E-state index contributed by atoms with van der Waals surface area (Å²) in [5, 5.41) is 0. The highest BCUT2D eigenvalue weighted by Gasteiger charge is 2.41. The van der Waals surface area contributed by atoms with E-state index in [1.165, 1.54) is 11.3 Å². The topological polar surface area (TPSA) is 38.5 Å². The van der Waals surface area contributed by atoms with Crippen molar-refractivity contribution in [3.05, 3.63) is 29.8 Å². The Kier molecular flexibility index (Phi) is 4.16. The van der Waals surface area contributed by atoms with E-state index in [1.54, 1.807) is 0 Å². The number of hydrogen-bond donors (Lipinski definition) is 1. The van der Waals surface area contributed by atoms with Gasteiger partial charge in [-0.25, -0.2) is 0 Å². The normalized spacial score (nSPS) is 31.2. The molecule has 1 fully saturated rings. The Morgan fingerprint density at radius 2 is 1.95 bits per heavy atom. The molecule has 1 aromatic rings. The van der Waals surface area contributed by atoms with Gasteiger partial charge in [-0.15, -0.1) is 0 Å². The van der Waals surface area contributed by atoms with E-state index in [0.29, 0.717) is 6.54 Å². The molecular formula is C16H26N2O. The molecule has 0 saturated carbocycles. The van der Waals surface area contributed by atoms with Gasteiger partial charge < -0.3 is 15.4 Å². The van der Waals surface area contributed by atoms with Crippen molar-refractivity contribution in [2.75, 3.05) is 18.5 Å². The van der Waals surface area contributed by atoms with E-state index in [4.69, 9.17) is 10.5 Å². The number of rotatable bonds is 3. The van der Waals surface area contributed by atoms with Crippen molar-refractivity contribution in [2.45, 2.75) is 51.4 Å². The minimum Gasteiger partial charge on any atom is -0.375 e. The van der Waals surface area contributed by atoms with Crippen LogP contribution in [0.1, 0.15) is 32.3 Å². The van der Waals surface area contributed by atoms with E-state index in [1.807, 2.05) is 0 Å². The van der Waals surface area contributed by atoms with Gasteiger partial charge >= 0.3 is 0 Å². The van der Waals surface area contributed by atoms with Gasteiger partial charge in [-0.1, -0.05) is 12.1 Å². The maximum absolute atomic E-state index is 6.14. The SMILES string of the molecule is Cc1cccc(N(C)C2(CN)CC(C)OC(C)C2)c1. The van der Waals surface area contributed by atoms with E-state index in [2.05, 4.69) is 57.0 Å². The molecule has 1 aliphatic heterocycles. The monoisotopic (exact) mass is 262 g/mol. The van der Waals surface area contributed by atoms with Crippen LogP contribution in [-0.4, -0.2) is 31.3 Å². The van der Waals surface area contributed by atoms with Crippen LogP contribution in [0.4, 0.5) is 5.69 Å². The number of likely N-dealkylation sites (N-methyl/N-ethyl adjacent to an activating group) is 1. The molecule has 106 valence electrons. The van der Waals surface area contributed by atoms with E-state index in [-0.39, 0.29) is 17.7 Å². The van der Waals surface area contributed by atoms with Gasteiger partial charge in [-0.2, -0.15) is 0 Å². The van der Waals surface area contributed by atoms with Crippen LogP contribution in [0.2, 0.25) is 0 Å². The predicted molar refractivity (Wildman–Crippen MR) is 80.6 cm³/mol. The van der Waals surface area contributed by atoms with Crippen LogP contribution in [-0.2, 0) is 4.74 Å². The second-order valence-corrected chi connectivity index (χ2v) is 5.99. The highest BCUT2D eigenvalue weighted by atomic mass is 16.5. The van der Waals surface area contributed by atoms with E-state index < -0.39 is 0 Å². The van der Waals surface area contributed by atoms with Crippen molar-refractivity contribution in [3.8, 4) is 0 Å². The molecule has 0 amide bonds. The Labute approximate surface area is 116 Å². The number of ether oxygens (including phenoxy) is 1. The minimum atomic E-state index is 0.00484. The van der Waals surface area contributed by atoms with Crippen molar-refractivity contribution in [3.63, 3.8) is 0 Å². The zero-order valence-corrected chi connectivity index (χ0v) is 12.5. The van der Waals surface area contributed by atoms with Crippen LogP contribution >= 0.6 is 0 Å². The molecule has 1 saturated heterocycles. The molecule has 2 rings (SSSR count). The molecule has 2 N–H and O–H groups in total. The van der Waals surface area contributed by atoms with Gasteiger partial charge in [0.25, 0.3) is 0 Å². The fraction of sp³-hybridized carbons (Fsp3) is 0.625. The smallest absolute Gasteiger partial charge is 0.0573 e. The molecule has 1 aliphatic rings. The summed E-state index contributed by atoms with van der Waals surface area (Å²) in [5.41, 5.74) is 8.67. The van der Waals surface area contributed by atoms with E-state index in [0.717, 1.165) is 12.8 Å². The quantitative estimate of drug-likeness (QED) is 0.910. The summed E-state index contributed by atoms with van der Waals surface area (Å²) in [6.07, 6.45) is 2.50. The molecule has 0 bridgehead atoms. The molecule has 0 aromatic heterocycles. The van der Waals surface area contributed by atoms with Crippen molar-refractivity contribution < 1.29 is 4.74 Å². The zero-order chi connectivity index (χ0) is 14.0. The lowest BCUT2D eigenvalue weighted by molar-refractivity contribution is -0.0591. The number of hydrogen-bond acceptors (Lipinski definition) is 3. The molecule has 2 atom stereocenters. The first-order valence-electron chi connectivity index (χ1n) is 7.13. The molecule has 0 radical (unpaired) electrons. The van der Waals surface area contributed by atoms with Crippen LogP contribution in [0.15, 0.2) is 24.3 Å². The Hall–Kier alpha value is -1.06. The first-order valence-corrected chi connectivity index (χ1v) is 7.13. The van der Waals surface area contributed by atoms with Crippen LogP contribution in [0.25, 0.3) is 0 Å². The van der Waals surface area contributed by atoms with Gasteiger partial charge in [-0.05, 0) is 51.3 Å². The molecule has 1 aromatic carbocycles. The molecule has 3 heteroatoms. The first kappa shape index (κ1) is 14.4. The molecule has 2 unspecified atom stereocenters. The lowest BCUT2D eigenvalue weighted by atomic mass is 9.82. The highest BCUT2D eigenvalue weighted by molar-refractivity contribution is 5.50. The number of anilines is 1. The fourth-order valence-electron chi connectivity index (χ4n) is 3.33. The van der Waals surface area contributed by atoms with Crippen molar-refractivity contribution in [2.24, 2.45) is 5.73 Å². The molecular weight excluding hydrogens is 236 g/mol. The second kappa shape index (κ2) is 5.51. The molecule has 1 heterocycles. The maximum Gasteiger partial charge on any atom is 0.0573 e. The largest absolute Gasteiger partial charge is 0.375 e. The van der Waals surface area contributed by atoms with E-state index >= 15 is 0 Å². The van der Waals surface area contributed by atoms with Crippen LogP contribution in [0, 0.1) is 6.92 Å². The molecule has 0 aliphatic carbocycles. The van der Waals surface area contributed by atoms with Crippen molar-refractivity contribution in [1.82, 2.24) is 0 Å². The average molecular weight is 262 g/mol. The van der Waals surface area contributed by atoms with Crippen LogP contribution < -0.4 is 10.6 Å². The third-order valence-corrected chi connectivity index (χ3v) is 4.28. The molecule has 3 nitrogen and oxygen atoms in total. The summed E-state index contributed by atoms with van der Waals surface area (Å²) in [6, 6.07) is 8.62. The van der Waals surface area contributed by atoms with Gasteiger partial charge in [0.05, 0.1) is 17.7 Å². The standard InChI is InChI=1S/C16H26N2O/c1-12-6-5-7-15(8-12)18(4)16(11-17)9-13(2)19-14(3)10-16/h5-8,13-14H,9-11,17H2,1-4H3. The van der Waals surface area contributed by atoms with Gasteiger partial charge in [0.15, 0.2) is 0 Å². The Morgan fingerprint density at radius 1 is 1.32 bits per heavy atom. The van der Waals surface area contributed by atoms with Crippen LogP contribution in [0.5, 0.6) is 0 Å². The van der Waals surface area contributed by atoms with Crippen molar-refractivity contribution in [1.29, 1.82) is 0 Å². The van der Waals surface area contributed by atoms with Gasteiger partial charge in [0, 0.05) is 19.3 Å². The molecule has 0 spiro atoms. The summed E-state index contributed by atoms with van der Waals surface area (Å²) < 4.78 is 5.87. The van der Waals surface area contributed by atoms with Gasteiger partial charge in [0.1, 0.15) is 0 Å². The lowest BCUT2D eigenvalue weighted by Gasteiger charge is -2.49. The van der Waals surface area contributed by atoms with Crippen molar-refractivity contribution >= 4 is 5.69 Å². The van der Waals surface area contributed by atoms with Gasteiger partial charge in [-0.3, -0.25) is 0 Å². The Morgan fingerprint density at radius 3 is 2.47 bits per heavy atom. The number of benzene rings is 1. The van der Waals surface area contributed by atoms with Crippen LogP contribution in [0.3, 0.4) is 0 Å².